The first kappa shape index (κ1) is 15.0. The molecule has 90 valence electrons. The first-order valence-electron chi connectivity index (χ1n) is 6.15. The summed E-state index contributed by atoms with van der Waals surface area (Å²) in [7, 11) is 0. The molecule has 0 aromatic heterocycles. The normalized spacial score (nSPS) is 12.5. The van der Waals surface area contributed by atoms with Crippen LogP contribution in [0, 0.1) is 5.92 Å². The summed E-state index contributed by atoms with van der Waals surface area (Å²) in [6.07, 6.45) is 6.88. The standard InChI is InChI=1S/C13H27NS/c1-5-13(6-2)14(11-12(3)4)9-7-8-10-15/h7-8,12-13,15H,5-6,9-11H2,1-4H3. The SMILES string of the molecule is CCC(CC)N(CC=CCS)CC(C)C. The van der Waals surface area contributed by atoms with Crippen LogP contribution in [0.25, 0.3) is 0 Å². The van der Waals surface area contributed by atoms with Crippen molar-refractivity contribution in [2.45, 2.75) is 46.6 Å². The summed E-state index contributed by atoms with van der Waals surface area (Å²) in [5, 5.41) is 0. The summed E-state index contributed by atoms with van der Waals surface area (Å²) in [6.45, 7) is 11.4. The zero-order valence-electron chi connectivity index (χ0n) is 10.7. The second-order valence-electron chi connectivity index (χ2n) is 4.47. The van der Waals surface area contributed by atoms with Gasteiger partial charge < -0.3 is 0 Å². The van der Waals surface area contributed by atoms with Crippen LogP contribution in [-0.2, 0) is 0 Å². The molecule has 0 aromatic carbocycles. The molecule has 15 heavy (non-hydrogen) atoms. The Kier molecular flexibility index (Phi) is 9.32. The molecule has 0 atom stereocenters. The third-order valence-electron chi connectivity index (χ3n) is 2.67. The quantitative estimate of drug-likeness (QED) is 0.491. The fourth-order valence-electron chi connectivity index (χ4n) is 1.93. The van der Waals surface area contributed by atoms with Gasteiger partial charge in [-0.25, -0.2) is 0 Å². The Labute approximate surface area is 101 Å². The van der Waals surface area contributed by atoms with Gasteiger partial charge in [0, 0.05) is 24.9 Å². The van der Waals surface area contributed by atoms with Crippen molar-refractivity contribution >= 4 is 12.6 Å². The van der Waals surface area contributed by atoms with Crippen molar-refractivity contribution in [3.63, 3.8) is 0 Å². The van der Waals surface area contributed by atoms with E-state index in [0.717, 1.165) is 24.3 Å². The van der Waals surface area contributed by atoms with E-state index < -0.39 is 0 Å². The zero-order valence-corrected chi connectivity index (χ0v) is 11.6. The van der Waals surface area contributed by atoms with E-state index in [1.807, 2.05) is 0 Å². The molecule has 0 unspecified atom stereocenters. The van der Waals surface area contributed by atoms with Crippen LogP contribution >= 0.6 is 12.6 Å². The summed E-state index contributed by atoms with van der Waals surface area (Å²) in [5.74, 6) is 1.59. The van der Waals surface area contributed by atoms with Gasteiger partial charge in [-0.3, -0.25) is 4.90 Å². The van der Waals surface area contributed by atoms with Gasteiger partial charge in [0.2, 0.25) is 0 Å². The minimum absolute atomic E-state index is 0.733. The van der Waals surface area contributed by atoms with Crippen molar-refractivity contribution in [2.75, 3.05) is 18.8 Å². The predicted molar refractivity (Wildman–Crippen MR) is 73.8 cm³/mol. The van der Waals surface area contributed by atoms with Crippen molar-refractivity contribution in [3.05, 3.63) is 12.2 Å². The Hall–Kier alpha value is 0.0500. The minimum Gasteiger partial charge on any atom is -0.297 e. The van der Waals surface area contributed by atoms with E-state index in [1.165, 1.54) is 19.4 Å². The number of rotatable bonds is 8. The van der Waals surface area contributed by atoms with Gasteiger partial charge in [0.15, 0.2) is 0 Å². The molecule has 0 N–H and O–H groups in total. The summed E-state index contributed by atoms with van der Waals surface area (Å²) >= 11 is 4.19. The molecule has 0 saturated heterocycles. The van der Waals surface area contributed by atoms with E-state index in [2.05, 4.69) is 57.4 Å². The lowest BCUT2D eigenvalue weighted by molar-refractivity contribution is 0.184. The molecular formula is C13H27NS. The summed E-state index contributed by atoms with van der Waals surface area (Å²) in [4.78, 5) is 2.59. The fraction of sp³-hybridized carbons (Fsp3) is 0.846. The third kappa shape index (κ3) is 7.02. The molecule has 0 rings (SSSR count). The average molecular weight is 229 g/mol. The van der Waals surface area contributed by atoms with Crippen LogP contribution in [0.1, 0.15) is 40.5 Å². The van der Waals surface area contributed by atoms with Crippen molar-refractivity contribution in [1.82, 2.24) is 4.90 Å². The lowest BCUT2D eigenvalue weighted by atomic mass is 10.1. The molecule has 0 spiro atoms. The molecule has 0 heterocycles. The van der Waals surface area contributed by atoms with Crippen LogP contribution < -0.4 is 0 Å². The smallest absolute Gasteiger partial charge is 0.0166 e. The Morgan fingerprint density at radius 3 is 2.13 bits per heavy atom. The molecular weight excluding hydrogens is 202 g/mol. The van der Waals surface area contributed by atoms with Gasteiger partial charge in [0.05, 0.1) is 0 Å². The molecule has 0 aliphatic carbocycles. The maximum atomic E-state index is 4.19. The number of hydrogen-bond acceptors (Lipinski definition) is 2. The van der Waals surface area contributed by atoms with E-state index in [-0.39, 0.29) is 0 Å². The Morgan fingerprint density at radius 1 is 1.13 bits per heavy atom. The zero-order chi connectivity index (χ0) is 11.7. The molecule has 0 bridgehead atoms. The van der Waals surface area contributed by atoms with Gasteiger partial charge in [0.1, 0.15) is 0 Å². The second kappa shape index (κ2) is 9.29. The summed E-state index contributed by atoms with van der Waals surface area (Å²) in [5.41, 5.74) is 0. The van der Waals surface area contributed by atoms with E-state index >= 15 is 0 Å². The van der Waals surface area contributed by atoms with Crippen LogP contribution in [-0.4, -0.2) is 29.8 Å². The molecule has 1 nitrogen and oxygen atoms in total. The van der Waals surface area contributed by atoms with Gasteiger partial charge in [0.25, 0.3) is 0 Å². The monoisotopic (exact) mass is 229 g/mol. The highest BCUT2D eigenvalue weighted by atomic mass is 32.1. The molecule has 0 amide bonds. The lowest BCUT2D eigenvalue weighted by Crippen LogP contribution is -2.37. The number of thiol groups is 1. The van der Waals surface area contributed by atoms with Gasteiger partial charge in [-0.2, -0.15) is 12.6 Å². The average Bonchev–Trinajstić information content (AvgIpc) is 2.19. The number of hydrogen-bond donors (Lipinski definition) is 1. The first-order chi connectivity index (χ1) is 7.15. The van der Waals surface area contributed by atoms with E-state index in [1.54, 1.807) is 0 Å². The van der Waals surface area contributed by atoms with Crippen LogP contribution in [0.3, 0.4) is 0 Å². The largest absolute Gasteiger partial charge is 0.297 e. The Balaban J connectivity index is 4.21. The van der Waals surface area contributed by atoms with E-state index in [0.29, 0.717) is 0 Å². The summed E-state index contributed by atoms with van der Waals surface area (Å²) < 4.78 is 0. The van der Waals surface area contributed by atoms with Gasteiger partial charge >= 0.3 is 0 Å². The molecule has 0 radical (unpaired) electrons. The highest BCUT2D eigenvalue weighted by Gasteiger charge is 2.14. The maximum absolute atomic E-state index is 4.19. The molecule has 0 aliphatic rings. The van der Waals surface area contributed by atoms with Crippen LogP contribution in [0.5, 0.6) is 0 Å². The van der Waals surface area contributed by atoms with Crippen LogP contribution in [0.15, 0.2) is 12.2 Å². The van der Waals surface area contributed by atoms with Gasteiger partial charge in [-0.05, 0) is 18.8 Å². The van der Waals surface area contributed by atoms with Crippen LogP contribution in [0.2, 0.25) is 0 Å². The predicted octanol–water partition coefficient (Wildman–Crippen LogP) is 3.62. The number of nitrogens with zero attached hydrogens (tertiary/aromatic N) is 1. The summed E-state index contributed by atoms with van der Waals surface area (Å²) in [6, 6.07) is 0.733. The Morgan fingerprint density at radius 2 is 1.73 bits per heavy atom. The van der Waals surface area contributed by atoms with Gasteiger partial charge in [-0.1, -0.05) is 39.8 Å². The van der Waals surface area contributed by atoms with Crippen molar-refractivity contribution < 1.29 is 0 Å². The fourth-order valence-corrected chi connectivity index (χ4v) is 2.08. The van der Waals surface area contributed by atoms with Gasteiger partial charge in [-0.15, -0.1) is 0 Å². The first-order valence-corrected chi connectivity index (χ1v) is 6.78. The molecule has 0 saturated carbocycles. The topological polar surface area (TPSA) is 3.24 Å². The highest BCUT2D eigenvalue weighted by Crippen LogP contribution is 2.11. The lowest BCUT2D eigenvalue weighted by Gasteiger charge is -2.30. The van der Waals surface area contributed by atoms with Crippen molar-refractivity contribution in [1.29, 1.82) is 0 Å². The van der Waals surface area contributed by atoms with Crippen molar-refractivity contribution in [3.8, 4) is 0 Å². The maximum Gasteiger partial charge on any atom is 0.0166 e. The minimum atomic E-state index is 0.733. The molecule has 0 fully saturated rings. The Bertz CT molecular complexity index is 162. The highest BCUT2D eigenvalue weighted by molar-refractivity contribution is 7.80. The van der Waals surface area contributed by atoms with E-state index in [9.17, 15) is 0 Å². The molecule has 0 aromatic rings. The van der Waals surface area contributed by atoms with Crippen LogP contribution in [0.4, 0.5) is 0 Å². The second-order valence-corrected chi connectivity index (χ2v) is 4.84. The van der Waals surface area contributed by atoms with E-state index in [4.69, 9.17) is 0 Å². The molecule has 2 heteroatoms. The molecule has 0 aliphatic heterocycles. The third-order valence-corrected chi connectivity index (χ3v) is 2.88. The van der Waals surface area contributed by atoms with Crippen molar-refractivity contribution in [2.24, 2.45) is 5.92 Å².